The minimum Gasteiger partial charge on any atom is -0.481 e. The fourth-order valence-electron chi connectivity index (χ4n) is 4.60. The van der Waals surface area contributed by atoms with E-state index in [1.54, 1.807) is 0 Å². The molecule has 0 atom stereocenters. The summed E-state index contributed by atoms with van der Waals surface area (Å²) < 4.78 is 0. The van der Waals surface area contributed by atoms with Crippen LogP contribution >= 0.6 is 0 Å². The molecular formula is C32H62O6. The van der Waals surface area contributed by atoms with Gasteiger partial charge in [0, 0.05) is 25.9 Å². The lowest BCUT2D eigenvalue weighted by Crippen LogP contribution is -1.93. The van der Waals surface area contributed by atoms with Crippen LogP contribution < -0.4 is 0 Å². The molecule has 0 aliphatic rings. The third-order valence-electron chi connectivity index (χ3n) is 7.01. The molecule has 0 heterocycles. The summed E-state index contributed by atoms with van der Waals surface area (Å²) in [6, 6.07) is 0. The number of carboxylic acids is 2. The number of carbonyl (C=O) groups excluding carboxylic acids is 1. The molecular weight excluding hydrogens is 480 g/mol. The van der Waals surface area contributed by atoms with Crippen molar-refractivity contribution in [3.63, 3.8) is 0 Å². The van der Waals surface area contributed by atoms with E-state index in [9.17, 15) is 14.4 Å². The van der Waals surface area contributed by atoms with Crippen LogP contribution in [0.1, 0.15) is 180 Å². The Morgan fingerprint density at radius 3 is 0.868 bits per heavy atom. The molecule has 0 radical (unpaired) electrons. The van der Waals surface area contributed by atoms with Crippen LogP contribution in [-0.4, -0.2) is 40.2 Å². The van der Waals surface area contributed by atoms with Gasteiger partial charge < -0.3 is 20.1 Å². The van der Waals surface area contributed by atoms with Crippen molar-refractivity contribution in [3.05, 3.63) is 0 Å². The number of hydrogen-bond acceptors (Lipinski definition) is 4. The van der Waals surface area contributed by atoms with Gasteiger partial charge in [-0.1, -0.05) is 135 Å². The summed E-state index contributed by atoms with van der Waals surface area (Å²) in [6.45, 7) is 0.340. The van der Waals surface area contributed by atoms with Crippen LogP contribution in [0.2, 0.25) is 0 Å². The van der Waals surface area contributed by atoms with Gasteiger partial charge in [0.2, 0.25) is 0 Å². The number of rotatable bonds is 30. The molecule has 0 saturated carbocycles. The highest BCUT2D eigenvalue weighted by atomic mass is 16.4. The number of aliphatic hydroxyl groups is 1. The average molecular weight is 543 g/mol. The van der Waals surface area contributed by atoms with E-state index in [4.69, 9.17) is 15.3 Å². The van der Waals surface area contributed by atoms with Gasteiger partial charge in [-0.05, 0) is 25.7 Å². The second-order valence-electron chi connectivity index (χ2n) is 10.8. The standard InChI is InChI=1S/C16H32O3.C16H30O3/c2*17-15-13-11-9-7-5-3-1-2-4-6-8-10-12-14-16(18)19/h17H,1-15H2,(H,18,19);15H,1-14H2,(H,18,19). The molecule has 0 aliphatic heterocycles. The molecule has 0 saturated heterocycles. The zero-order valence-corrected chi connectivity index (χ0v) is 24.6. The molecule has 3 N–H and O–H groups in total. The topological polar surface area (TPSA) is 112 Å². The smallest absolute Gasteiger partial charge is 0.303 e. The number of carbonyl (C=O) groups is 3. The van der Waals surface area contributed by atoms with Crippen molar-refractivity contribution in [2.45, 2.75) is 180 Å². The number of aliphatic hydroxyl groups excluding tert-OH is 1. The molecule has 0 bridgehead atoms. The van der Waals surface area contributed by atoms with Crippen molar-refractivity contribution < 1.29 is 29.7 Å². The van der Waals surface area contributed by atoms with E-state index in [1.165, 1.54) is 122 Å². The molecule has 6 heteroatoms. The predicted octanol–water partition coefficient (Wildman–Crippen LogP) is 9.26. The molecule has 0 aromatic rings. The first-order valence-electron chi connectivity index (χ1n) is 16.0. The Hall–Kier alpha value is -1.43. The van der Waals surface area contributed by atoms with Gasteiger partial charge in [0.1, 0.15) is 6.29 Å². The minimum atomic E-state index is -0.673. The van der Waals surface area contributed by atoms with Crippen LogP contribution in [0.4, 0.5) is 0 Å². The van der Waals surface area contributed by atoms with E-state index >= 15 is 0 Å². The van der Waals surface area contributed by atoms with Crippen LogP contribution in [0, 0.1) is 0 Å². The molecule has 0 fully saturated rings. The lowest BCUT2D eigenvalue weighted by Gasteiger charge is -2.02. The van der Waals surface area contributed by atoms with Gasteiger partial charge in [-0.15, -0.1) is 0 Å². The third-order valence-corrected chi connectivity index (χ3v) is 7.01. The number of hydrogen-bond donors (Lipinski definition) is 3. The summed E-state index contributed by atoms with van der Waals surface area (Å²) in [6.07, 6.45) is 32.5. The van der Waals surface area contributed by atoms with Crippen molar-refractivity contribution >= 4 is 18.2 Å². The normalized spacial score (nSPS) is 10.7. The molecule has 226 valence electrons. The average Bonchev–Trinajstić information content (AvgIpc) is 2.89. The molecule has 0 unspecified atom stereocenters. The summed E-state index contributed by atoms with van der Waals surface area (Å²) in [5, 5.41) is 25.6. The number of aldehydes is 1. The van der Waals surface area contributed by atoms with Crippen molar-refractivity contribution in [2.24, 2.45) is 0 Å². The van der Waals surface area contributed by atoms with Crippen LogP contribution in [0.5, 0.6) is 0 Å². The molecule has 6 nitrogen and oxygen atoms in total. The van der Waals surface area contributed by atoms with E-state index in [2.05, 4.69) is 0 Å². The maximum Gasteiger partial charge on any atom is 0.303 e. The second-order valence-corrected chi connectivity index (χ2v) is 10.8. The largest absolute Gasteiger partial charge is 0.481 e. The van der Waals surface area contributed by atoms with Gasteiger partial charge in [-0.3, -0.25) is 9.59 Å². The molecule has 38 heavy (non-hydrogen) atoms. The van der Waals surface area contributed by atoms with Gasteiger partial charge in [-0.2, -0.15) is 0 Å². The summed E-state index contributed by atoms with van der Waals surface area (Å²) in [4.78, 5) is 30.7. The van der Waals surface area contributed by atoms with Crippen LogP contribution in [0.15, 0.2) is 0 Å². The predicted molar refractivity (Wildman–Crippen MR) is 158 cm³/mol. The summed E-state index contributed by atoms with van der Waals surface area (Å²) >= 11 is 0. The fraction of sp³-hybridized carbons (Fsp3) is 0.906. The number of carboxylic acid groups (broad SMARTS) is 2. The minimum absolute atomic E-state index is 0.324. The van der Waals surface area contributed by atoms with E-state index in [0.29, 0.717) is 19.4 Å². The van der Waals surface area contributed by atoms with Crippen molar-refractivity contribution in [3.8, 4) is 0 Å². The van der Waals surface area contributed by atoms with Gasteiger partial charge in [0.25, 0.3) is 0 Å². The molecule has 0 rings (SSSR count). The molecule has 0 amide bonds. The quantitative estimate of drug-likeness (QED) is 0.0616. The Morgan fingerprint density at radius 2 is 0.632 bits per heavy atom. The lowest BCUT2D eigenvalue weighted by molar-refractivity contribution is -0.138. The summed E-state index contributed by atoms with van der Waals surface area (Å²) in [5.41, 5.74) is 0. The van der Waals surface area contributed by atoms with Crippen molar-refractivity contribution in [1.82, 2.24) is 0 Å². The van der Waals surface area contributed by atoms with Gasteiger partial charge in [0.15, 0.2) is 0 Å². The Morgan fingerprint density at radius 1 is 0.395 bits per heavy atom. The maximum absolute atomic E-state index is 10.3. The Balaban J connectivity index is 0. The SMILES string of the molecule is O=C(O)CCCCCCCCCCCCCCCO.O=CCCCCCCCCCCCCCCC(=O)O. The Labute approximate surface area is 234 Å². The molecule has 0 aromatic carbocycles. The second kappa shape index (κ2) is 35.6. The van der Waals surface area contributed by atoms with Crippen LogP contribution in [0.25, 0.3) is 0 Å². The monoisotopic (exact) mass is 542 g/mol. The van der Waals surface area contributed by atoms with E-state index in [1.807, 2.05) is 0 Å². The van der Waals surface area contributed by atoms with E-state index in [0.717, 1.165) is 51.2 Å². The Kier molecular flexibility index (Phi) is 36.2. The van der Waals surface area contributed by atoms with Crippen LogP contribution in [0.3, 0.4) is 0 Å². The first kappa shape index (κ1) is 38.7. The first-order valence-corrected chi connectivity index (χ1v) is 16.0. The third kappa shape index (κ3) is 41.7. The van der Waals surface area contributed by atoms with Crippen LogP contribution in [-0.2, 0) is 14.4 Å². The Bertz CT molecular complexity index is 494. The van der Waals surface area contributed by atoms with Crippen molar-refractivity contribution in [2.75, 3.05) is 6.61 Å². The molecule has 0 aliphatic carbocycles. The fourth-order valence-corrected chi connectivity index (χ4v) is 4.60. The van der Waals surface area contributed by atoms with Gasteiger partial charge >= 0.3 is 11.9 Å². The van der Waals surface area contributed by atoms with E-state index in [-0.39, 0.29) is 0 Å². The van der Waals surface area contributed by atoms with E-state index < -0.39 is 11.9 Å². The zero-order chi connectivity index (χ0) is 28.4. The number of aliphatic carboxylic acids is 2. The maximum atomic E-state index is 10.3. The van der Waals surface area contributed by atoms with Gasteiger partial charge in [0.05, 0.1) is 0 Å². The summed E-state index contributed by atoms with van der Waals surface area (Å²) in [7, 11) is 0. The highest BCUT2D eigenvalue weighted by Crippen LogP contribution is 2.14. The zero-order valence-electron chi connectivity index (χ0n) is 24.6. The van der Waals surface area contributed by atoms with Gasteiger partial charge in [-0.25, -0.2) is 0 Å². The summed E-state index contributed by atoms with van der Waals surface area (Å²) in [5.74, 6) is -1.34. The first-order chi connectivity index (χ1) is 18.5. The number of unbranched alkanes of at least 4 members (excludes halogenated alkanes) is 24. The van der Waals surface area contributed by atoms with Crippen molar-refractivity contribution in [1.29, 1.82) is 0 Å². The molecule has 0 aromatic heterocycles. The highest BCUT2D eigenvalue weighted by Gasteiger charge is 1.98. The lowest BCUT2D eigenvalue weighted by atomic mass is 10.0. The molecule has 0 spiro atoms. The highest BCUT2D eigenvalue weighted by molar-refractivity contribution is 5.66.